The van der Waals surface area contributed by atoms with Crippen molar-refractivity contribution in [2.45, 2.75) is 38.3 Å². The quantitative estimate of drug-likeness (QED) is 0.856. The average Bonchev–Trinajstić information content (AvgIpc) is 2.94. The van der Waals surface area contributed by atoms with E-state index in [4.69, 9.17) is 0 Å². The Morgan fingerprint density at radius 3 is 3.25 bits per heavy atom. The van der Waals surface area contributed by atoms with Crippen molar-refractivity contribution in [1.82, 2.24) is 14.9 Å². The van der Waals surface area contributed by atoms with Crippen molar-refractivity contribution in [2.24, 2.45) is 0 Å². The lowest BCUT2D eigenvalue weighted by Crippen LogP contribution is -2.18. The summed E-state index contributed by atoms with van der Waals surface area (Å²) in [5.41, 5.74) is 1.37. The number of hydrogen-bond acceptors (Lipinski definition) is 3. The van der Waals surface area contributed by atoms with Gasteiger partial charge in [-0.1, -0.05) is 0 Å². The predicted octanol–water partition coefficient (Wildman–Crippen LogP) is 2.62. The van der Waals surface area contributed by atoms with E-state index in [0.29, 0.717) is 12.1 Å². The van der Waals surface area contributed by atoms with Crippen LogP contribution in [0.25, 0.3) is 0 Å². The summed E-state index contributed by atoms with van der Waals surface area (Å²) in [6, 6.07) is 1.09. The summed E-state index contributed by atoms with van der Waals surface area (Å²) in [5, 5.41) is 3.54. The molecule has 0 spiro atoms. The van der Waals surface area contributed by atoms with E-state index in [9.17, 15) is 0 Å². The highest BCUT2D eigenvalue weighted by Crippen LogP contribution is 2.26. The third-order valence-corrected chi connectivity index (χ3v) is 3.97. The van der Waals surface area contributed by atoms with E-state index in [1.807, 2.05) is 24.3 Å². The summed E-state index contributed by atoms with van der Waals surface area (Å²) in [4.78, 5) is 4.31. The maximum Gasteiger partial charge on any atom is 0.0951 e. The van der Waals surface area contributed by atoms with Crippen molar-refractivity contribution >= 4 is 11.8 Å². The minimum absolute atomic E-state index is 0.527. The number of thioether (sulfide) groups is 1. The average molecular weight is 239 g/mol. The number of imidazole rings is 1. The molecule has 1 aliphatic rings. The summed E-state index contributed by atoms with van der Waals surface area (Å²) >= 11 is 1.92. The predicted molar refractivity (Wildman–Crippen MR) is 69.9 cm³/mol. The smallest absolute Gasteiger partial charge is 0.0951 e. The Labute approximate surface area is 102 Å². The molecule has 0 radical (unpaired) electrons. The largest absolute Gasteiger partial charge is 0.330 e. The minimum Gasteiger partial charge on any atom is -0.330 e. The van der Waals surface area contributed by atoms with Crippen LogP contribution in [0.4, 0.5) is 0 Å². The van der Waals surface area contributed by atoms with Gasteiger partial charge in [0.1, 0.15) is 0 Å². The molecule has 1 aromatic rings. The highest BCUT2D eigenvalue weighted by Gasteiger charge is 2.21. The lowest BCUT2D eigenvalue weighted by molar-refractivity contribution is 0.482. The molecule has 1 aromatic heterocycles. The molecule has 0 amide bonds. The van der Waals surface area contributed by atoms with E-state index in [0.717, 1.165) is 6.54 Å². The molecule has 1 N–H and O–H groups in total. The van der Waals surface area contributed by atoms with Crippen LogP contribution in [0.2, 0.25) is 0 Å². The lowest BCUT2D eigenvalue weighted by atomic mass is 10.1. The van der Waals surface area contributed by atoms with Gasteiger partial charge in [-0.15, -0.1) is 0 Å². The second-order valence-corrected chi connectivity index (χ2v) is 5.49. The Bertz CT molecular complexity index is 318. The summed E-state index contributed by atoms with van der Waals surface area (Å²) < 4.78 is 2.35. The number of aromatic nitrogens is 2. The van der Waals surface area contributed by atoms with E-state index in [1.54, 1.807) is 0 Å². The number of nitrogens with zero attached hydrogens (tertiary/aromatic N) is 2. The van der Waals surface area contributed by atoms with Crippen LogP contribution in [0.15, 0.2) is 12.5 Å². The molecule has 2 rings (SSSR count). The molecule has 1 unspecified atom stereocenters. The van der Waals surface area contributed by atoms with Gasteiger partial charge in [-0.05, 0) is 44.7 Å². The molecule has 0 saturated carbocycles. The van der Waals surface area contributed by atoms with Crippen molar-refractivity contribution in [1.29, 1.82) is 0 Å². The fourth-order valence-electron chi connectivity index (χ4n) is 2.32. The third kappa shape index (κ3) is 2.61. The molecule has 2 atom stereocenters. The zero-order valence-corrected chi connectivity index (χ0v) is 11.0. The topological polar surface area (TPSA) is 29.9 Å². The third-order valence-electron chi connectivity index (χ3n) is 3.33. The maximum absolute atomic E-state index is 4.31. The molecule has 0 bridgehead atoms. The highest BCUT2D eigenvalue weighted by atomic mass is 32.2. The summed E-state index contributed by atoms with van der Waals surface area (Å²) in [5.74, 6) is 1.22. The van der Waals surface area contributed by atoms with Crippen LogP contribution in [-0.4, -0.2) is 28.1 Å². The molecule has 1 saturated heterocycles. The van der Waals surface area contributed by atoms with Gasteiger partial charge in [-0.3, -0.25) is 0 Å². The second kappa shape index (κ2) is 5.73. The Balaban J connectivity index is 2.05. The Morgan fingerprint density at radius 1 is 1.69 bits per heavy atom. The molecule has 16 heavy (non-hydrogen) atoms. The van der Waals surface area contributed by atoms with Crippen molar-refractivity contribution in [3.63, 3.8) is 0 Å². The molecule has 0 aromatic carbocycles. The van der Waals surface area contributed by atoms with Crippen LogP contribution in [-0.2, 0) is 0 Å². The normalized spacial score (nSPS) is 22.5. The highest BCUT2D eigenvalue weighted by molar-refractivity contribution is 7.98. The molecule has 2 heterocycles. The molecule has 4 heteroatoms. The van der Waals surface area contributed by atoms with Gasteiger partial charge >= 0.3 is 0 Å². The van der Waals surface area contributed by atoms with Crippen molar-refractivity contribution in [3.05, 3.63) is 18.2 Å². The Hall–Kier alpha value is -0.480. The summed E-state index contributed by atoms with van der Waals surface area (Å²) in [6.07, 6.45) is 9.94. The Kier molecular flexibility index (Phi) is 4.29. The molecule has 0 aliphatic carbocycles. The van der Waals surface area contributed by atoms with E-state index >= 15 is 0 Å². The van der Waals surface area contributed by atoms with Crippen LogP contribution in [0.3, 0.4) is 0 Å². The SMILES string of the molecule is CSCCC(C)n1cncc1[C@@H]1CCCN1. The Morgan fingerprint density at radius 2 is 2.56 bits per heavy atom. The first-order valence-corrected chi connectivity index (χ1v) is 7.46. The summed E-state index contributed by atoms with van der Waals surface area (Å²) in [7, 11) is 0. The molecular weight excluding hydrogens is 218 g/mol. The first-order valence-electron chi connectivity index (χ1n) is 6.07. The van der Waals surface area contributed by atoms with Crippen LogP contribution in [0, 0.1) is 0 Å². The van der Waals surface area contributed by atoms with E-state index in [2.05, 4.69) is 28.0 Å². The molecule has 1 fully saturated rings. The number of rotatable bonds is 5. The van der Waals surface area contributed by atoms with Gasteiger partial charge in [-0.25, -0.2) is 4.98 Å². The molecule has 90 valence electrons. The van der Waals surface area contributed by atoms with Crippen LogP contribution < -0.4 is 5.32 Å². The molecule has 3 nitrogen and oxygen atoms in total. The maximum atomic E-state index is 4.31. The van der Waals surface area contributed by atoms with Gasteiger partial charge in [0.25, 0.3) is 0 Å². The van der Waals surface area contributed by atoms with Crippen LogP contribution in [0.5, 0.6) is 0 Å². The second-order valence-electron chi connectivity index (χ2n) is 4.51. The first-order chi connectivity index (χ1) is 7.83. The van der Waals surface area contributed by atoms with Crippen LogP contribution >= 0.6 is 11.8 Å². The lowest BCUT2D eigenvalue weighted by Gasteiger charge is -2.19. The van der Waals surface area contributed by atoms with Gasteiger partial charge in [0.05, 0.1) is 12.0 Å². The van der Waals surface area contributed by atoms with Gasteiger partial charge in [0.2, 0.25) is 0 Å². The minimum atomic E-state index is 0.527. The summed E-state index contributed by atoms with van der Waals surface area (Å²) in [6.45, 7) is 3.44. The van der Waals surface area contributed by atoms with E-state index < -0.39 is 0 Å². The van der Waals surface area contributed by atoms with Gasteiger partial charge < -0.3 is 9.88 Å². The van der Waals surface area contributed by atoms with Gasteiger partial charge in [-0.2, -0.15) is 11.8 Å². The van der Waals surface area contributed by atoms with E-state index in [1.165, 1.54) is 30.7 Å². The zero-order valence-electron chi connectivity index (χ0n) is 10.1. The van der Waals surface area contributed by atoms with Gasteiger partial charge in [0.15, 0.2) is 0 Å². The van der Waals surface area contributed by atoms with E-state index in [-0.39, 0.29) is 0 Å². The fourth-order valence-corrected chi connectivity index (χ4v) is 2.89. The number of nitrogens with one attached hydrogen (secondary N) is 1. The number of hydrogen-bond donors (Lipinski definition) is 1. The molecular formula is C12H21N3S. The fraction of sp³-hybridized carbons (Fsp3) is 0.750. The zero-order chi connectivity index (χ0) is 11.4. The van der Waals surface area contributed by atoms with Crippen LogP contribution in [0.1, 0.15) is 44.0 Å². The monoisotopic (exact) mass is 239 g/mol. The van der Waals surface area contributed by atoms with Gasteiger partial charge in [0, 0.05) is 18.3 Å². The van der Waals surface area contributed by atoms with Crippen molar-refractivity contribution in [3.8, 4) is 0 Å². The molecule has 1 aliphatic heterocycles. The van der Waals surface area contributed by atoms with Crippen molar-refractivity contribution in [2.75, 3.05) is 18.6 Å². The standard InChI is InChI=1S/C12H21N3S/c1-10(5-7-16-2)15-9-13-8-12(15)11-4-3-6-14-11/h8-11,14H,3-7H2,1-2H3/t10?,11-/m0/s1. The van der Waals surface area contributed by atoms with Crippen molar-refractivity contribution < 1.29 is 0 Å². The first kappa shape index (κ1) is 12.0.